The van der Waals surface area contributed by atoms with E-state index in [2.05, 4.69) is 10.1 Å². The van der Waals surface area contributed by atoms with E-state index in [0.29, 0.717) is 16.7 Å². The number of nitrogens with two attached hydrogens (primary N) is 1. The van der Waals surface area contributed by atoms with E-state index in [9.17, 15) is 0 Å². The van der Waals surface area contributed by atoms with Gasteiger partial charge in [0, 0.05) is 5.56 Å². The minimum absolute atomic E-state index is 0.221. The van der Waals surface area contributed by atoms with Gasteiger partial charge in [-0.1, -0.05) is 28.9 Å². The highest BCUT2D eigenvalue weighted by Gasteiger charge is 2.16. The van der Waals surface area contributed by atoms with Crippen LogP contribution in [0.4, 0.5) is 0 Å². The van der Waals surface area contributed by atoms with Gasteiger partial charge in [-0.25, -0.2) is 0 Å². The van der Waals surface area contributed by atoms with E-state index in [1.165, 1.54) is 0 Å². The van der Waals surface area contributed by atoms with Gasteiger partial charge in [0.2, 0.25) is 11.7 Å². The average Bonchev–Trinajstić information content (AvgIpc) is 2.86. The SMILES string of the molecule is CSCCC(N)c1nc(-c2ccccc2Cl)no1. The topological polar surface area (TPSA) is 64.9 Å². The number of hydrogen-bond acceptors (Lipinski definition) is 5. The molecule has 1 unspecified atom stereocenters. The largest absolute Gasteiger partial charge is 0.337 e. The molecule has 0 aliphatic rings. The van der Waals surface area contributed by atoms with Crippen LogP contribution in [-0.4, -0.2) is 22.1 Å². The van der Waals surface area contributed by atoms with Crippen molar-refractivity contribution in [1.29, 1.82) is 0 Å². The monoisotopic (exact) mass is 283 g/mol. The van der Waals surface area contributed by atoms with Crippen molar-refractivity contribution in [2.75, 3.05) is 12.0 Å². The number of thioether (sulfide) groups is 1. The minimum atomic E-state index is -0.221. The molecule has 1 aromatic heterocycles. The molecular formula is C12H14ClN3OS. The lowest BCUT2D eigenvalue weighted by molar-refractivity contribution is 0.353. The second kappa shape index (κ2) is 6.22. The van der Waals surface area contributed by atoms with Crippen LogP contribution in [0.25, 0.3) is 11.4 Å². The van der Waals surface area contributed by atoms with Crippen molar-refractivity contribution in [3.8, 4) is 11.4 Å². The number of rotatable bonds is 5. The molecule has 0 saturated carbocycles. The second-order valence-corrected chi connectivity index (χ2v) is 5.22. The van der Waals surface area contributed by atoms with Crippen LogP contribution < -0.4 is 5.73 Å². The molecule has 6 heteroatoms. The van der Waals surface area contributed by atoms with E-state index in [4.69, 9.17) is 21.9 Å². The smallest absolute Gasteiger partial charge is 0.243 e. The molecule has 0 amide bonds. The van der Waals surface area contributed by atoms with Crippen molar-refractivity contribution in [3.63, 3.8) is 0 Å². The van der Waals surface area contributed by atoms with Crippen LogP contribution in [0.5, 0.6) is 0 Å². The van der Waals surface area contributed by atoms with Crippen molar-refractivity contribution in [1.82, 2.24) is 10.1 Å². The van der Waals surface area contributed by atoms with Crippen molar-refractivity contribution in [3.05, 3.63) is 35.2 Å². The van der Waals surface area contributed by atoms with E-state index in [0.717, 1.165) is 17.7 Å². The highest BCUT2D eigenvalue weighted by molar-refractivity contribution is 7.98. The molecule has 4 nitrogen and oxygen atoms in total. The van der Waals surface area contributed by atoms with Gasteiger partial charge >= 0.3 is 0 Å². The maximum Gasteiger partial charge on any atom is 0.243 e. The molecular weight excluding hydrogens is 270 g/mol. The minimum Gasteiger partial charge on any atom is -0.337 e. The quantitative estimate of drug-likeness (QED) is 0.913. The summed E-state index contributed by atoms with van der Waals surface area (Å²) in [6.07, 6.45) is 2.85. The molecule has 18 heavy (non-hydrogen) atoms. The molecule has 0 aliphatic carbocycles. The summed E-state index contributed by atoms with van der Waals surface area (Å²) in [4.78, 5) is 4.30. The van der Waals surface area contributed by atoms with Gasteiger partial charge in [0.15, 0.2) is 0 Å². The van der Waals surface area contributed by atoms with Crippen LogP contribution in [0.2, 0.25) is 5.02 Å². The van der Waals surface area contributed by atoms with Crippen LogP contribution >= 0.6 is 23.4 Å². The molecule has 0 fully saturated rings. The Hall–Kier alpha value is -1.04. The Labute approximate surface area is 115 Å². The van der Waals surface area contributed by atoms with Crippen molar-refractivity contribution < 1.29 is 4.52 Å². The number of hydrogen-bond donors (Lipinski definition) is 1. The molecule has 0 radical (unpaired) electrons. The summed E-state index contributed by atoms with van der Waals surface area (Å²) in [5, 5.41) is 4.52. The van der Waals surface area contributed by atoms with Crippen LogP contribution in [0.3, 0.4) is 0 Å². The molecule has 2 N–H and O–H groups in total. The van der Waals surface area contributed by atoms with Crippen molar-refractivity contribution >= 4 is 23.4 Å². The molecule has 1 atom stereocenters. The highest BCUT2D eigenvalue weighted by Crippen LogP contribution is 2.26. The average molecular weight is 284 g/mol. The Bertz CT molecular complexity index is 518. The Kier molecular flexibility index (Phi) is 4.63. The fourth-order valence-electron chi connectivity index (χ4n) is 1.51. The Balaban J connectivity index is 2.18. The standard InChI is InChI=1S/C12H14ClN3OS/c1-18-7-6-10(14)12-15-11(16-17-12)8-4-2-3-5-9(8)13/h2-5,10H,6-7,14H2,1H3. The molecule has 2 aromatic rings. The number of nitrogens with zero attached hydrogens (tertiary/aromatic N) is 2. The summed E-state index contributed by atoms with van der Waals surface area (Å²) >= 11 is 7.81. The first-order valence-electron chi connectivity index (χ1n) is 5.55. The summed E-state index contributed by atoms with van der Waals surface area (Å²) in [5.41, 5.74) is 6.72. The van der Waals surface area contributed by atoms with E-state index < -0.39 is 0 Å². The summed E-state index contributed by atoms with van der Waals surface area (Å²) < 4.78 is 5.18. The van der Waals surface area contributed by atoms with Gasteiger partial charge in [0.25, 0.3) is 0 Å². The lowest BCUT2D eigenvalue weighted by Gasteiger charge is -2.03. The Morgan fingerprint density at radius 3 is 2.94 bits per heavy atom. The Morgan fingerprint density at radius 2 is 2.22 bits per heavy atom. The first kappa shape index (κ1) is 13.4. The first-order valence-corrected chi connectivity index (χ1v) is 7.32. The summed E-state index contributed by atoms with van der Waals surface area (Å²) in [7, 11) is 0. The van der Waals surface area contributed by atoms with E-state index in [1.807, 2.05) is 24.5 Å². The third kappa shape index (κ3) is 3.04. The summed E-state index contributed by atoms with van der Waals surface area (Å²) in [6, 6.07) is 7.16. The van der Waals surface area contributed by atoms with Crippen LogP contribution in [0.1, 0.15) is 18.4 Å². The molecule has 2 rings (SSSR count). The maximum atomic E-state index is 6.07. The van der Waals surface area contributed by atoms with Gasteiger partial charge in [0.1, 0.15) is 0 Å². The lowest BCUT2D eigenvalue weighted by atomic mass is 10.2. The molecule has 0 spiro atoms. The number of benzene rings is 1. The molecule has 96 valence electrons. The van der Waals surface area contributed by atoms with Gasteiger partial charge < -0.3 is 10.3 Å². The number of aromatic nitrogens is 2. The summed E-state index contributed by atoms with van der Waals surface area (Å²) in [6.45, 7) is 0. The third-order valence-corrected chi connectivity index (χ3v) is 3.48. The van der Waals surface area contributed by atoms with Gasteiger partial charge in [0.05, 0.1) is 11.1 Å². The zero-order chi connectivity index (χ0) is 13.0. The number of halogens is 1. The Morgan fingerprint density at radius 1 is 1.44 bits per heavy atom. The lowest BCUT2D eigenvalue weighted by Crippen LogP contribution is -2.11. The fraction of sp³-hybridized carbons (Fsp3) is 0.333. The maximum absolute atomic E-state index is 6.07. The molecule has 0 bridgehead atoms. The van der Waals surface area contributed by atoms with E-state index in [-0.39, 0.29) is 6.04 Å². The first-order chi connectivity index (χ1) is 8.72. The molecule has 0 aliphatic heterocycles. The third-order valence-electron chi connectivity index (χ3n) is 2.51. The van der Waals surface area contributed by atoms with Crippen LogP contribution in [-0.2, 0) is 0 Å². The zero-order valence-electron chi connectivity index (χ0n) is 9.97. The van der Waals surface area contributed by atoms with E-state index in [1.54, 1.807) is 17.8 Å². The molecule has 1 aromatic carbocycles. The van der Waals surface area contributed by atoms with Gasteiger partial charge in [-0.2, -0.15) is 16.7 Å². The van der Waals surface area contributed by atoms with Crippen molar-refractivity contribution in [2.24, 2.45) is 5.73 Å². The molecule has 0 saturated heterocycles. The van der Waals surface area contributed by atoms with Gasteiger partial charge in [-0.3, -0.25) is 0 Å². The second-order valence-electron chi connectivity index (χ2n) is 3.82. The predicted octanol–water partition coefficient (Wildman–Crippen LogP) is 3.14. The van der Waals surface area contributed by atoms with Gasteiger partial charge in [-0.15, -0.1) is 0 Å². The predicted molar refractivity (Wildman–Crippen MR) is 74.7 cm³/mol. The van der Waals surface area contributed by atoms with Gasteiger partial charge in [-0.05, 0) is 30.6 Å². The van der Waals surface area contributed by atoms with Crippen molar-refractivity contribution in [2.45, 2.75) is 12.5 Å². The zero-order valence-corrected chi connectivity index (χ0v) is 11.5. The van der Waals surface area contributed by atoms with E-state index >= 15 is 0 Å². The summed E-state index contributed by atoms with van der Waals surface area (Å²) in [5.74, 6) is 1.90. The molecule has 1 heterocycles. The normalized spacial score (nSPS) is 12.6. The fourth-order valence-corrected chi connectivity index (χ4v) is 2.22. The highest BCUT2D eigenvalue weighted by atomic mass is 35.5. The van der Waals surface area contributed by atoms with Crippen LogP contribution in [0.15, 0.2) is 28.8 Å². The van der Waals surface area contributed by atoms with Crippen LogP contribution in [0, 0.1) is 0 Å².